The summed E-state index contributed by atoms with van der Waals surface area (Å²) in [6.07, 6.45) is 5.09. The molecule has 3 saturated heterocycles. The Morgan fingerprint density at radius 2 is 1.94 bits per heavy atom. The number of carbonyl (C=O) groups is 1. The molecule has 1 aromatic heterocycles. The maximum Gasteiger partial charge on any atom is 0.290 e. The summed E-state index contributed by atoms with van der Waals surface area (Å²) in [5.74, 6) is -1.80. The Balaban J connectivity index is 1.28. The number of ether oxygens (including phenoxy) is 1. The molecule has 0 spiro atoms. The lowest BCUT2D eigenvalue weighted by atomic mass is 10.1. The van der Waals surface area contributed by atoms with Crippen LogP contribution in [0.1, 0.15) is 56.7 Å². The predicted octanol–water partition coefficient (Wildman–Crippen LogP) is 2.72. The molecule has 1 amide bonds. The topological polar surface area (TPSA) is 61.8 Å². The molecule has 0 saturated carbocycles. The average Bonchev–Trinajstić information content (AvgIpc) is 3.36. The van der Waals surface area contributed by atoms with Crippen LogP contribution in [0.3, 0.4) is 0 Å². The monoisotopic (exact) mass is 435 g/mol. The second-order valence-electron chi connectivity index (χ2n) is 9.32. The Morgan fingerprint density at radius 3 is 2.65 bits per heavy atom. The van der Waals surface area contributed by atoms with E-state index < -0.39 is 5.92 Å². The van der Waals surface area contributed by atoms with E-state index in [0.717, 1.165) is 45.3 Å². The molecule has 1 aromatic rings. The smallest absolute Gasteiger partial charge is 0.290 e. The lowest BCUT2D eigenvalue weighted by molar-refractivity contribution is -0.138. The van der Waals surface area contributed by atoms with Crippen molar-refractivity contribution < 1.29 is 18.3 Å². The van der Waals surface area contributed by atoms with Gasteiger partial charge in [-0.05, 0) is 45.4 Å². The molecule has 3 aliphatic heterocycles. The maximum absolute atomic E-state index is 14.5. The van der Waals surface area contributed by atoms with E-state index in [-0.39, 0.29) is 36.8 Å². The second kappa shape index (κ2) is 8.15. The van der Waals surface area contributed by atoms with Gasteiger partial charge in [-0.3, -0.25) is 4.79 Å². The van der Waals surface area contributed by atoms with Gasteiger partial charge in [0.1, 0.15) is 18.1 Å². The molecule has 0 aromatic carbocycles. The summed E-state index contributed by atoms with van der Waals surface area (Å²) in [7, 11) is 0. The van der Waals surface area contributed by atoms with Gasteiger partial charge in [0.05, 0.1) is 6.10 Å². The van der Waals surface area contributed by atoms with E-state index in [1.165, 1.54) is 6.42 Å². The van der Waals surface area contributed by atoms with Crippen molar-refractivity contribution in [2.24, 2.45) is 0 Å². The van der Waals surface area contributed by atoms with Gasteiger partial charge in [0.25, 0.3) is 5.92 Å². The van der Waals surface area contributed by atoms with E-state index in [9.17, 15) is 13.6 Å². The predicted molar refractivity (Wildman–Crippen MR) is 113 cm³/mol. The number of likely N-dealkylation sites (tertiary alicyclic amines) is 1. The molecule has 1 aliphatic carbocycles. The van der Waals surface area contributed by atoms with Crippen LogP contribution in [-0.4, -0.2) is 72.3 Å². The van der Waals surface area contributed by atoms with E-state index in [0.29, 0.717) is 36.8 Å². The third kappa shape index (κ3) is 3.97. The number of fused-ring (bicyclic) bond motifs is 1. The van der Waals surface area contributed by atoms with Gasteiger partial charge >= 0.3 is 0 Å². The summed E-state index contributed by atoms with van der Waals surface area (Å²) in [6.45, 7) is 5.85. The summed E-state index contributed by atoms with van der Waals surface area (Å²) in [6, 6.07) is 0.274. The summed E-state index contributed by atoms with van der Waals surface area (Å²) < 4.78 is 35.0. The van der Waals surface area contributed by atoms with Crippen molar-refractivity contribution in [1.82, 2.24) is 14.9 Å². The molecule has 170 valence electrons. The van der Waals surface area contributed by atoms with Crippen molar-refractivity contribution in [2.45, 2.75) is 69.9 Å². The Bertz CT molecular complexity index is 845. The quantitative estimate of drug-likeness (QED) is 0.709. The zero-order valence-corrected chi connectivity index (χ0v) is 18.2. The molecule has 4 aliphatic rings. The van der Waals surface area contributed by atoms with E-state index >= 15 is 0 Å². The van der Waals surface area contributed by atoms with Gasteiger partial charge in [0.15, 0.2) is 0 Å². The number of anilines is 2. The van der Waals surface area contributed by atoms with Crippen LogP contribution in [0.2, 0.25) is 0 Å². The first-order chi connectivity index (χ1) is 14.9. The van der Waals surface area contributed by atoms with Crippen LogP contribution >= 0.6 is 0 Å². The number of alkyl halides is 2. The van der Waals surface area contributed by atoms with Crippen molar-refractivity contribution in [3.8, 4) is 0 Å². The van der Waals surface area contributed by atoms with Crippen molar-refractivity contribution >= 4 is 17.7 Å². The zero-order valence-electron chi connectivity index (χ0n) is 18.2. The van der Waals surface area contributed by atoms with Gasteiger partial charge in [-0.15, -0.1) is 0 Å². The minimum absolute atomic E-state index is 0.0507. The first-order valence-electron chi connectivity index (χ1n) is 11.6. The van der Waals surface area contributed by atoms with Crippen LogP contribution in [0.4, 0.5) is 20.5 Å². The van der Waals surface area contributed by atoms with E-state index in [4.69, 9.17) is 9.72 Å². The fourth-order valence-corrected chi connectivity index (χ4v) is 5.08. The van der Waals surface area contributed by atoms with E-state index in [2.05, 4.69) is 11.9 Å². The fraction of sp³-hybridized carbons (Fsp3) is 0.773. The second-order valence-corrected chi connectivity index (χ2v) is 9.32. The molecule has 5 rings (SSSR count). The largest absolute Gasteiger partial charge is 0.366 e. The number of hydrogen-bond acceptors (Lipinski definition) is 6. The van der Waals surface area contributed by atoms with Crippen molar-refractivity contribution in [3.63, 3.8) is 0 Å². The molecular weight excluding hydrogens is 404 g/mol. The van der Waals surface area contributed by atoms with Crippen LogP contribution < -0.4 is 9.80 Å². The molecule has 31 heavy (non-hydrogen) atoms. The number of rotatable bonds is 5. The van der Waals surface area contributed by atoms with Crippen molar-refractivity contribution in [2.75, 3.05) is 49.1 Å². The molecule has 9 heteroatoms. The number of piperidine rings is 1. The molecule has 0 radical (unpaired) electrons. The Morgan fingerprint density at radius 1 is 1.13 bits per heavy atom. The number of hydrogen-bond donors (Lipinski definition) is 0. The van der Waals surface area contributed by atoms with E-state index in [1.807, 2.05) is 14.7 Å². The first kappa shape index (κ1) is 20.8. The SMILES string of the molecule is C[C@H]1CCN1c1nc(N2CC[C@H](OCC(=O)N3CCCCC3)C2)c2c(n1)C(F)(F)CC2. The maximum atomic E-state index is 14.5. The summed E-state index contributed by atoms with van der Waals surface area (Å²) in [4.78, 5) is 27.4. The van der Waals surface area contributed by atoms with Crippen LogP contribution in [0.5, 0.6) is 0 Å². The third-order valence-corrected chi connectivity index (χ3v) is 7.18. The highest BCUT2D eigenvalue weighted by atomic mass is 19.3. The summed E-state index contributed by atoms with van der Waals surface area (Å²) in [5, 5.41) is 0. The van der Waals surface area contributed by atoms with Gasteiger partial charge in [-0.2, -0.15) is 13.8 Å². The third-order valence-electron chi connectivity index (χ3n) is 7.18. The summed E-state index contributed by atoms with van der Waals surface area (Å²) in [5.41, 5.74) is 0.475. The number of aromatic nitrogens is 2. The van der Waals surface area contributed by atoms with Crippen LogP contribution in [0.15, 0.2) is 0 Å². The van der Waals surface area contributed by atoms with Gasteiger partial charge in [0.2, 0.25) is 11.9 Å². The zero-order chi connectivity index (χ0) is 21.6. The highest BCUT2D eigenvalue weighted by Crippen LogP contribution is 2.45. The van der Waals surface area contributed by atoms with Crippen molar-refractivity contribution in [3.05, 3.63) is 11.3 Å². The number of nitrogens with zero attached hydrogens (tertiary/aromatic N) is 5. The Labute approximate surface area is 181 Å². The highest BCUT2D eigenvalue weighted by molar-refractivity contribution is 5.77. The molecule has 3 fully saturated rings. The molecule has 4 heterocycles. The minimum atomic E-state index is -2.90. The Kier molecular flexibility index (Phi) is 5.48. The fourth-order valence-electron chi connectivity index (χ4n) is 5.08. The molecule has 0 unspecified atom stereocenters. The van der Waals surface area contributed by atoms with Crippen LogP contribution in [0, 0.1) is 0 Å². The number of halogens is 2. The van der Waals surface area contributed by atoms with Gasteiger partial charge < -0.3 is 19.4 Å². The van der Waals surface area contributed by atoms with Crippen molar-refractivity contribution in [1.29, 1.82) is 0 Å². The minimum Gasteiger partial charge on any atom is -0.366 e. The first-order valence-corrected chi connectivity index (χ1v) is 11.6. The van der Waals surface area contributed by atoms with Gasteiger partial charge in [-0.25, -0.2) is 4.98 Å². The highest BCUT2D eigenvalue weighted by Gasteiger charge is 2.45. The van der Waals surface area contributed by atoms with Crippen LogP contribution in [-0.2, 0) is 21.9 Å². The standard InChI is InChI=1S/C22H31F2N5O2/c1-15-6-12-29(15)21-25-19-17(5-8-22(19,23)24)20(26-21)28-11-7-16(13-28)31-14-18(30)27-9-3-2-4-10-27/h15-16H,2-14H2,1H3/t15-,16-/m0/s1. The molecule has 7 nitrogen and oxygen atoms in total. The molecule has 2 atom stereocenters. The average molecular weight is 436 g/mol. The van der Waals surface area contributed by atoms with E-state index in [1.54, 1.807) is 0 Å². The molecular formula is C22H31F2N5O2. The lowest BCUT2D eigenvalue weighted by Crippen LogP contribution is -2.47. The molecule has 0 N–H and O–H groups in total. The van der Waals surface area contributed by atoms with Gasteiger partial charge in [0, 0.05) is 50.7 Å². The van der Waals surface area contributed by atoms with Gasteiger partial charge in [-0.1, -0.05) is 0 Å². The lowest BCUT2D eigenvalue weighted by Gasteiger charge is -2.39. The molecule has 0 bridgehead atoms. The summed E-state index contributed by atoms with van der Waals surface area (Å²) >= 11 is 0. The van der Waals surface area contributed by atoms with Crippen LogP contribution in [0.25, 0.3) is 0 Å². The normalized spacial score (nSPS) is 27.4. The number of amides is 1. The number of carbonyl (C=O) groups excluding carboxylic acids is 1. The Hall–Kier alpha value is -2.03.